The third-order valence-corrected chi connectivity index (χ3v) is 3.57. The van der Waals surface area contributed by atoms with Gasteiger partial charge in [0.25, 0.3) is 0 Å². The highest BCUT2D eigenvalue weighted by Gasteiger charge is 2.30. The Balaban J connectivity index is 2.28. The fraction of sp³-hybridized carbons (Fsp3) is 0.111. The molecular weight excluding hydrogens is 354 g/mol. The second-order valence-corrected chi connectivity index (χ2v) is 5.16. The van der Waals surface area contributed by atoms with Crippen molar-refractivity contribution in [2.75, 3.05) is 6.61 Å². The number of esters is 1. The van der Waals surface area contributed by atoms with Crippen molar-refractivity contribution in [1.82, 2.24) is 5.16 Å². The molecule has 8 heteroatoms. The van der Waals surface area contributed by atoms with E-state index in [-0.39, 0.29) is 17.9 Å². The Labute approximate surface area is 145 Å². The van der Waals surface area contributed by atoms with Crippen LogP contribution < -0.4 is 0 Å². The smallest absolute Gasteiger partial charge is 0.344 e. The largest absolute Gasteiger partial charge is 0.462 e. The lowest BCUT2D eigenvalue weighted by molar-refractivity contribution is 0.0527. The third-order valence-electron chi connectivity index (χ3n) is 3.57. The molecule has 0 atom stereocenters. The molecule has 0 amide bonds. The number of halogens is 4. The van der Waals surface area contributed by atoms with E-state index in [9.17, 15) is 22.4 Å². The topological polar surface area (TPSA) is 52.3 Å². The van der Waals surface area contributed by atoms with Crippen molar-refractivity contribution in [3.63, 3.8) is 0 Å². The minimum atomic E-state index is -1.28. The molecule has 2 aromatic carbocycles. The molecule has 0 radical (unpaired) electrons. The van der Waals surface area contributed by atoms with Gasteiger partial charge in [-0.05, 0) is 31.2 Å². The third kappa shape index (κ3) is 2.94. The summed E-state index contributed by atoms with van der Waals surface area (Å²) in [5.41, 5.74) is -1.58. The van der Waals surface area contributed by atoms with E-state index in [1.807, 2.05) is 0 Å². The van der Waals surface area contributed by atoms with Crippen LogP contribution in [0.15, 0.2) is 40.9 Å². The molecule has 26 heavy (non-hydrogen) atoms. The Morgan fingerprint density at radius 1 is 1.00 bits per heavy atom. The van der Waals surface area contributed by atoms with Gasteiger partial charge in [-0.1, -0.05) is 17.3 Å². The van der Waals surface area contributed by atoms with Crippen LogP contribution in [-0.4, -0.2) is 17.7 Å². The fourth-order valence-corrected chi connectivity index (χ4v) is 2.42. The molecule has 3 rings (SSSR count). The first kappa shape index (κ1) is 17.7. The van der Waals surface area contributed by atoms with Gasteiger partial charge in [-0.15, -0.1) is 0 Å². The lowest BCUT2D eigenvalue weighted by atomic mass is 10.0. The first-order valence-corrected chi connectivity index (χ1v) is 7.51. The second kappa shape index (κ2) is 6.99. The summed E-state index contributed by atoms with van der Waals surface area (Å²) in [5, 5.41) is 3.57. The van der Waals surface area contributed by atoms with Crippen molar-refractivity contribution in [1.29, 1.82) is 0 Å². The van der Waals surface area contributed by atoms with Crippen LogP contribution in [0, 0.1) is 23.3 Å². The Morgan fingerprint density at radius 2 is 1.58 bits per heavy atom. The number of carbonyl (C=O) groups excluding carboxylic acids is 1. The molecule has 0 aliphatic heterocycles. The highest BCUT2D eigenvalue weighted by atomic mass is 19.2. The summed E-state index contributed by atoms with van der Waals surface area (Å²) < 4.78 is 65.2. The molecule has 0 unspecified atom stereocenters. The van der Waals surface area contributed by atoms with E-state index in [4.69, 9.17) is 9.26 Å². The van der Waals surface area contributed by atoms with Gasteiger partial charge in [0.2, 0.25) is 0 Å². The minimum absolute atomic E-state index is 0.0415. The SMILES string of the molecule is CCOC(=O)c1c(-c2cccc(F)c2F)noc1-c1cccc(F)c1F. The maximum atomic E-state index is 14.1. The predicted octanol–water partition coefficient (Wildman–Crippen LogP) is 4.74. The zero-order valence-electron chi connectivity index (χ0n) is 13.4. The van der Waals surface area contributed by atoms with Gasteiger partial charge in [-0.3, -0.25) is 0 Å². The quantitative estimate of drug-likeness (QED) is 0.495. The van der Waals surface area contributed by atoms with Crippen LogP contribution in [0.4, 0.5) is 17.6 Å². The first-order valence-electron chi connectivity index (χ1n) is 7.51. The Morgan fingerprint density at radius 3 is 2.19 bits per heavy atom. The number of nitrogens with zero attached hydrogens (tertiary/aromatic N) is 1. The molecule has 4 nitrogen and oxygen atoms in total. The second-order valence-electron chi connectivity index (χ2n) is 5.16. The van der Waals surface area contributed by atoms with Gasteiger partial charge in [0, 0.05) is 5.56 Å². The van der Waals surface area contributed by atoms with Crippen LogP contribution >= 0.6 is 0 Å². The average molecular weight is 365 g/mol. The molecule has 3 aromatic rings. The lowest BCUT2D eigenvalue weighted by Gasteiger charge is -2.06. The normalized spacial score (nSPS) is 10.8. The van der Waals surface area contributed by atoms with Crippen molar-refractivity contribution in [2.24, 2.45) is 0 Å². The molecule has 0 N–H and O–H groups in total. The molecule has 0 spiro atoms. The summed E-state index contributed by atoms with van der Waals surface area (Å²) in [4.78, 5) is 12.3. The summed E-state index contributed by atoms with van der Waals surface area (Å²) >= 11 is 0. The summed E-state index contributed by atoms with van der Waals surface area (Å²) in [7, 11) is 0. The number of hydrogen-bond acceptors (Lipinski definition) is 4. The summed E-state index contributed by atoms with van der Waals surface area (Å²) in [5.74, 6) is -6.32. The van der Waals surface area contributed by atoms with Crippen molar-refractivity contribution in [2.45, 2.75) is 6.92 Å². The van der Waals surface area contributed by atoms with Crippen molar-refractivity contribution >= 4 is 5.97 Å². The number of rotatable bonds is 4. The van der Waals surface area contributed by atoms with Gasteiger partial charge < -0.3 is 9.26 Å². The monoisotopic (exact) mass is 365 g/mol. The Hall–Kier alpha value is -3.16. The van der Waals surface area contributed by atoms with Crippen molar-refractivity contribution < 1.29 is 31.6 Å². The van der Waals surface area contributed by atoms with Crippen LogP contribution in [0.25, 0.3) is 22.6 Å². The molecule has 0 saturated carbocycles. The van der Waals surface area contributed by atoms with Crippen LogP contribution in [0.5, 0.6) is 0 Å². The molecule has 134 valence electrons. The Bertz CT molecular complexity index is 916. The van der Waals surface area contributed by atoms with Crippen LogP contribution in [0.1, 0.15) is 17.3 Å². The van der Waals surface area contributed by atoms with Gasteiger partial charge in [0.05, 0.1) is 12.2 Å². The first-order chi connectivity index (χ1) is 12.5. The molecule has 0 bridgehead atoms. The molecule has 0 saturated heterocycles. The van der Waals surface area contributed by atoms with Gasteiger partial charge in [-0.25, -0.2) is 22.4 Å². The molecule has 1 aromatic heterocycles. The molecule has 0 aliphatic rings. The van der Waals surface area contributed by atoms with Crippen LogP contribution in [0.2, 0.25) is 0 Å². The van der Waals surface area contributed by atoms with E-state index < -0.39 is 46.1 Å². The van der Waals surface area contributed by atoms with Gasteiger partial charge >= 0.3 is 5.97 Å². The summed E-state index contributed by atoms with van der Waals surface area (Å²) in [6, 6.07) is 6.51. The fourth-order valence-electron chi connectivity index (χ4n) is 2.42. The molecule has 0 fully saturated rings. The van der Waals surface area contributed by atoms with Crippen LogP contribution in [0.3, 0.4) is 0 Å². The van der Waals surface area contributed by atoms with E-state index in [1.165, 1.54) is 25.1 Å². The van der Waals surface area contributed by atoms with E-state index in [0.29, 0.717) is 0 Å². The highest BCUT2D eigenvalue weighted by Crippen LogP contribution is 2.36. The number of benzene rings is 2. The predicted molar refractivity (Wildman–Crippen MR) is 83.2 cm³/mol. The lowest BCUT2D eigenvalue weighted by Crippen LogP contribution is -2.08. The van der Waals surface area contributed by atoms with Gasteiger partial charge in [0.15, 0.2) is 29.0 Å². The number of aromatic nitrogens is 1. The zero-order chi connectivity index (χ0) is 18.8. The number of ether oxygens (including phenoxy) is 1. The maximum absolute atomic E-state index is 14.1. The zero-order valence-corrected chi connectivity index (χ0v) is 13.4. The standard InChI is InChI=1S/C18H11F4NO3/c1-2-25-18(24)13-16(9-5-3-7-11(19)14(9)21)23-26-17(13)10-6-4-8-12(20)15(10)22/h3-8H,2H2,1H3. The van der Waals surface area contributed by atoms with E-state index in [2.05, 4.69) is 5.16 Å². The van der Waals surface area contributed by atoms with Crippen LogP contribution in [-0.2, 0) is 4.74 Å². The van der Waals surface area contributed by atoms with Crippen molar-refractivity contribution in [3.8, 4) is 22.6 Å². The van der Waals surface area contributed by atoms with E-state index >= 15 is 0 Å². The summed E-state index contributed by atoms with van der Waals surface area (Å²) in [6.07, 6.45) is 0. The molecular formula is C18H11F4NO3. The number of hydrogen-bond donors (Lipinski definition) is 0. The number of carbonyl (C=O) groups is 1. The van der Waals surface area contributed by atoms with Gasteiger partial charge in [-0.2, -0.15) is 0 Å². The summed E-state index contributed by atoms with van der Waals surface area (Å²) in [6.45, 7) is 1.48. The highest BCUT2D eigenvalue weighted by molar-refractivity contribution is 6.01. The van der Waals surface area contributed by atoms with Crippen molar-refractivity contribution in [3.05, 3.63) is 65.2 Å². The average Bonchev–Trinajstić information content (AvgIpc) is 3.04. The Kier molecular flexibility index (Phi) is 4.75. The van der Waals surface area contributed by atoms with E-state index in [1.54, 1.807) is 0 Å². The molecule has 1 heterocycles. The van der Waals surface area contributed by atoms with E-state index in [0.717, 1.165) is 18.2 Å². The minimum Gasteiger partial charge on any atom is -0.462 e. The molecule has 0 aliphatic carbocycles. The maximum Gasteiger partial charge on any atom is 0.344 e. The van der Waals surface area contributed by atoms with Gasteiger partial charge in [0.1, 0.15) is 11.3 Å².